The lowest BCUT2D eigenvalue weighted by atomic mass is 10.3. The number of nitrogens with one attached hydrogen (secondary N) is 1. The molecule has 0 aromatic carbocycles. The molecule has 2 aromatic heterocycles. The lowest BCUT2D eigenvalue weighted by Gasteiger charge is -2.25. The third-order valence-electron chi connectivity index (χ3n) is 3.58. The van der Waals surface area contributed by atoms with E-state index in [1.807, 2.05) is 11.0 Å². The zero-order valence-corrected chi connectivity index (χ0v) is 13.2. The fourth-order valence-corrected chi connectivity index (χ4v) is 3.58. The molecule has 9 heteroatoms. The summed E-state index contributed by atoms with van der Waals surface area (Å²) in [6, 6.07) is 4.73. The molecule has 5 nitrogen and oxygen atoms in total. The molecule has 0 spiro atoms. The van der Waals surface area contributed by atoms with Gasteiger partial charge in [-0.15, -0.1) is 11.3 Å². The summed E-state index contributed by atoms with van der Waals surface area (Å²) in [6.07, 6.45) is -4.45. The number of aryl methyl sites for hydroxylation is 1. The van der Waals surface area contributed by atoms with Crippen LogP contribution in [0.1, 0.15) is 10.6 Å². The highest BCUT2D eigenvalue weighted by Gasteiger charge is 2.34. The number of aromatic nitrogens is 2. The van der Waals surface area contributed by atoms with E-state index in [1.165, 1.54) is 23.1 Å². The minimum atomic E-state index is -4.45. The van der Waals surface area contributed by atoms with Crippen molar-refractivity contribution in [3.8, 4) is 10.6 Å². The van der Waals surface area contributed by atoms with Crippen LogP contribution in [-0.2, 0) is 24.6 Å². The number of hydrogen-bond donors (Lipinski definition) is 1. The topological polar surface area (TPSA) is 50.2 Å². The third kappa shape index (κ3) is 3.56. The first-order valence-corrected chi connectivity index (χ1v) is 7.84. The first kappa shape index (κ1) is 16.0. The Morgan fingerprint density at radius 3 is 2.83 bits per heavy atom. The maximum absolute atomic E-state index is 12.7. The van der Waals surface area contributed by atoms with Crippen LogP contribution in [0.3, 0.4) is 0 Å². The maximum Gasteiger partial charge on any atom is 0.435 e. The Balaban J connectivity index is 1.77. The summed E-state index contributed by atoms with van der Waals surface area (Å²) in [6.45, 7) is 2.34. The molecule has 0 saturated carbocycles. The van der Waals surface area contributed by atoms with Crippen LogP contribution in [0, 0.1) is 0 Å². The SMILES string of the molecule is Cn1nc(C(F)(F)F)cc1-c1ccc(CN2CCNC(=O)C2)s1. The smallest absolute Gasteiger partial charge is 0.354 e. The first-order chi connectivity index (χ1) is 10.8. The second-order valence-electron chi connectivity index (χ2n) is 5.36. The van der Waals surface area contributed by atoms with E-state index in [9.17, 15) is 18.0 Å². The number of rotatable bonds is 3. The number of hydrogen-bond acceptors (Lipinski definition) is 4. The van der Waals surface area contributed by atoms with E-state index in [4.69, 9.17) is 0 Å². The molecular formula is C14H15F3N4OS. The fraction of sp³-hybridized carbons (Fsp3) is 0.429. The summed E-state index contributed by atoms with van der Waals surface area (Å²) in [5.41, 5.74) is -0.456. The van der Waals surface area contributed by atoms with Crippen molar-refractivity contribution in [1.29, 1.82) is 0 Å². The van der Waals surface area contributed by atoms with Crippen molar-refractivity contribution in [3.63, 3.8) is 0 Å². The molecular weight excluding hydrogens is 329 g/mol. The van der Waals surface area contributed by atoms with Crippen LogP contribution in [0.2, 0.25) is 0 Å². The van der Waals surface area contributed by atoms with Gasteiger partial charge in [-0.05, 0) is 18.2 Å². The summed E-state index contributed by atoms with van der Waals surface area (Å²) < 4.78 is 39.4. The minimum absolute atomic E-state index is 0.00511. The number of thiophene rings is 1. The highest BCUT2D eigenvalue weighted by atomic mass is 32.1. The van der Waals surface area contributed by atoms with Gasteiger partial charge in [-0.2, -0.15) is 18.3 Å². The number of piperazine rings is 1. The summed E-state index contributed by atoms with van der Waals surface area (Å²) in [4.78, 5) is 15.1. The standard InChI is InChI=1S/C14H15F3N4OS/c1-20-10(6-12(19-20)14(15,16)17)11-3-2-9(23-11)7-21-5-4-18-13(22)8-21/h2-3,6H,4-5,7-8H2,1H3,(H,18,22). The van der Waals surface area contributed by atoms with Gasteiger partial charge >= 0.3 is 6.18 Å². The molecule has 2 aromatic rings. The van der Waals surface area contributed by atoms with Gasteiger partial charge in [0.1, 0.15) is 0 Å². The van der Waals surface area contributed by atoms with E-state index in [2.05, 4.69) is 10.4 Å². The van der Waals surface area contributed by atoms with Crippen molar-refractivity contribution in [2.24, 2.45) is 7.05 Å². The number of carbonyl (C=O) groups excluding carboxylic acids is 1. The van der Waals surface area contributed by atoms with Crippen molar-refractivity contribution in [2.75, 3.05) is 19.6 Å². The van der Waals surface area contributed by atoms with Gasteiger partial charge < -0.3 is 5.32 Å². The highest BCUT2D eigenvalue weighted by Crippen LogP contribution is 2.34. The molecule has 1 aliphatic heterocycles. The van der Waals surface area contributed by atoms with Gasteiger partial charge in [0.2, 0.25) is 5.91 Å². The first-order valence-electron chi connectivity index (χ1n) is 7.02. The summed E-state index contributed by atoms with van der Waals surface area (Å²) >= 11 is 1.42. The largest absolute Gasteiger partial charge is 0.435 e. The lowest BCUT2D eigenvalue weighted by Crippen LogP contribution is -2.46. The van der Waals surface area contributed by atoms with E-state index < -0.39 is 11.9 Å². The van der Waals surface area contributed by atoms with Crippen LogP contribution in [0.15, 0.2) is 18.2 Å². The lowest BCUT2D eigenvalue weighted by molar-refractivity contribution is -0.141. The second-order valence-corrected chi connectivity index (χ2v) is 6.53. The van der Waals surface area contributed by atoms with Gasteiger partial charge in [-0.1, -0.05) is 0 Å². The molecule has 124 valence electrons. The van der Waals surface area contributed by atoms with Crippen LogP contribution < -0.4 is 5.32 Å². The summed E-state index contributed by atoms with van der Waals surface area (Å²) in [7, 11) is 1.50. The van der Waals surface area contributed by atoms with Crippen LogP contribution in [0.5, 0.6) is 0 Å². The van der Waals surface area contributed by atoms with Gasteiger partial charge in [0.05, 0.1) is 17.1 Å². The fourth-order valence-electron chi connectivity index (χ4n) is 2.48. The molecule has 1 N–H and O–H groups in total. The van der Waals surface area contributed by atoms with Crippen molar-refractivity contribution >= 4 is 17.2 Å². The molecule has 1 fully saturated rings. The molecule has 0 radical (unpaired) electrons. The number of alkyl halides is 3. The average Bonchev–Trinajstić information content (AvgIpc) is 3.04. The van der Waals surface area contributed by atoms with Crippen molar-refractivity contribution in [3.05, 3.63) is 28.8 Å². The van der Waals surface area contributed by atoms with Crippen LogP contribution in [0.25, 0.3) is 10.6 Å². The monoisotopic (exact) mass is 344 g/mol. The Morgan fingerprint density at radius 1 is 1.39 bits per heavy atom. The quantitative estimate of drug-likeness (QED) is 0.928. The Hall–Kier alpha value is -1.87. The predicted octanol–water partition coefficient (Wildman–Crippen LogP) is 2.10. The number of carbonyl (C=O) groups is 1. The van der Waals surface area contributed by atoms with Crippen LogP contribution >= 0.6 is 11.3 Å². The Kier molecular flexibility index (Phi) is 4.15. The number of amides is 1. The average molecular weight is 344 g/mol. The zero-order valence-electron chi connectivity index (χ0n) is 12.4. The van der Waals surface area contributed by atoms with E-state index in [0.29, 0.717) is 25.3 Å². The molecule has 0 unspecified atom stereocenters. The van der Waals surface area contributed by atoms with Gasteiger partial charge in [-0.3, -0.25) is 14.4 Å². The minimum Gasteiger partial charge on any atom is -0.354 e. The van der Waals surface area contributed by atoms with Crippen LogP contribution in [-0.4, -0.2) is 40.2 Å². The van der Waals surface area contributed by atoms with Crippen molar-refractivity contribution in [1.82, 2.24) is 20.0 Å². The zero-order chi connectivity index (χ0) is 16.6. The van der Waals surface area contributed by atoms with Gasteiger partial charge in [0.25, 0.3) is 0 Å². The second kappa shape index (κ2) is 5.97. The molecule has 1 aliphatic rings. The number of halogens is 3. The van der Waals surface area contributed by atoms with Gasteiger partial charge in [0.15, 0.2) is 5.69 Å². The van der Waals surface area contributed by atoms with E-state index in [-0.39, 0.29) is 5.91 Å². The van der Waals surface area contributed by atoms with Crippen molar-refractivity contribution < 1.29 is 18.0 Å². The Labute approximate surface area is 134 Å². The molecule has 0 aliphatic carbocycles. The molecule has 0 bridgehead atoms. The van der Waals surface area contributed by atoms with Gasteiger partial charge in [0, 0.05) is 31.6 Å². The Bertz CT molecular complexity index is 722. The van der Waals surface area contributed by atoms with E-state index >= 15 is 0 Å². The van der Waals surface area contributed by atoms with E-state index in [1.54, 1.807) is 6.07 Å². The molecule has 0 atom stereocenters. The maximum atomic E-state index is 12.7. The van der Waals surface area contributed by atoms with Crippen molar-refractivity contribution in [2.45, 2.75) is 12.7 Å². The molecule has 1 saturated heterocycles. The Morgan fingerprint density at radius 2 is 2.17 bits per heavy atom. The highest BCUT2D eigenvalue weighted by molar-refractivity contribution is 7.15. The third-order valence-corrected chi connectivity index (χ3v) is 4.67. The summed E-state index contributed by atoms with van der Waals surface area (Å²) in [5.74, 6) is -0.00511. The molecule has 23 heavy (non-hydrogen) atoms. The number of nitrogens with zero attached hydrogens (tertiary/aromatic N) is 3. The predicted molar refractivity (Wildman–Crippen MR) is 79.8 cm³/mol. The van der Waals surface area contributed by atoms with E-state index in [0.717, 1.165) is 22.4 Å². The normalized spacial score (nSPS) is 16.6. The molecule has 3 rings (SSSR count). The molecule has 1 amide bonds. The van der Waals surface area contributed by atoms with Crippen LogP contribution in [0.4, 0.5) is 13.2 Å². The molecule has 3 heterocycles. The summed E-state index contributed by atoms with van der Waals surface area (Å²) in [5, 5.41) is 6.29. The van der Waals surface area contributed by atoms with Gasteiger partial charge in [-0.25, -0.2) is 0 Å².